The van der Waals surface area contributed by atoms with Crippen LogP contribution in [0, 0.1) is 5.82 Å². The summed E-state index contributed by atoms with van der Waals surface area (Å²) in [6, 6.07) is 10.0. The molecule has 0 aliphatic heterocycles. The molecule has 0 radical (unpaired) electrons. The number of hydrogen-bond acceptors (Lipinski definition) is 6. The van der Waals surface area contributed by atoms with Crippen molar-refractivity contribution in [3.8, 4) is 5.75 Å². The summed E-state index contributed by atoms with van der Waals surface area (Å²) >= 11 is 0. The van der Waals surface area contributed by atoms with Gasteiger partial charge in [-0.15, -0.1) is 0 Å². The SMILES string of the molecule is CCN(CC)S(=O)(=O)c1cc(C(=O)Nc2cccc(OCCn3cncn3)c2)ccc1F. The van der Waals surface area contributed by atoms with Gasteiger partial charge in [-0.25, -0.2) is 22.5 Å². The number of halogens is 1. The zero-order chi connectivity index (χ0) is 23.1. The van der Waals surface area contributed by atoms with Crippen LogP contribution in [-0.4, -0.2) is 53.1 Å². The molecule has 0 aliphatic carbocycles. The second-order valence-corrected chi connectivity index (χ2v) is 8.63. The second kappa shape index (κ2) is 10.3. The van der Waals surface area contributed by atoms with Crippen molar-refractivity contribution in [2.75, 3.05) is 25.0 Å². The van der Waals surface area contributed by atoms with Crippen molar-refractivity contribution in [3.63, 3.8) is 0 Å². The Kier molecular flexibility index (Phi) is 7.54. The maximum atomic E-state index is 14.3. The van der Waals surface area contributed by atoms with Crippen molar-refractivity contribution < 1.29 is 22.3 Å². The summed E-state index contributed by atoms with van der Waals surface area (Å²) in [7, 11) is -4.05. The van der Waals surface area contributed by atoms with Crippen molar-refractivity contribution in [1.29, 1.82) is 0 Å². The molecular formula is C21H24FN5O4S. The number of anilines is 1. The molecule has 0 saturated carbocycles. The van der Waals surface area contributed by atoms with Gasteiger partial charge < -0.3 is 10.1 Å². The average molecular weight is 462 g/mol. The van der Waals surface area contributed by atoms with Crippen LogP contribution in [0.5, 0.6) is 5.75 Å². The standard InChI is InChI=1S/C21H24FN5O4S/c1-3-27(4-2)32(29,30)20-12-16(8-9-19(20)22)21(28)25-17-6-5-7-18(13-17)31-11-10-26-15-23-14-24-26/h5-9,12-15H,3-4,10-11H2,1-2H3,(H,25,28). The average Bonchev–Trinajstić information content (AvgIpc) is 3.28. The molecule has 1 heterocycles. The Hall–Kier alpha value is -3.31. The molecule has 0 aliphatic rings. The van der Waals surface area contributed by atoms with E-state index in [9.17, 15) is 17.6 Å². The summed E-state index contributed by atoms with van der Waals surface area (Å²) in [5, 5.41) is 6.67. The van der Waals surface area contributed by atoms with Crippen LogP contribution in [-0.2, 0) is 16.6 Å². The molecule has 170 valence electrons. The van der Waals surface area contributed by atoms with Gasteiger partial charge in [-0.2, -0.15) is 9.40 Å². The van der Waals surface area contributed by atoms with Crippen LogP contribution in [0.1, 0.15) is 24.2 Å². The lowest BCUT2D eigenvalue weighted by Crippen LogP contribution is -2.31. The first-order chi connectivity index (χ1) is 15.3. The highest BCUT2D eigenvalue weighted by Gasteiger charge is 2.26. The molecule has 0 saturated heterocycles. The minimum Gasteiger partial charge on any atom is -0.492 e. The van der Waals surface area contributed by atoms with Crippen LogP contribution in [0.4, 0.5) is 10.1 Å². The molecule has 3 rings (SSSR count). The number of benzene rings is 2. The van der Waals surface area contributed by atoms with Crippen molar-refractivity contribution in [2.24, 2.45) is 0 Å². The van der Waals surface area contributed by atoms with Crippen molar-refractivity contribution in [1.82, 2.24) is 19.1 Å². The van der Waals surface area contributed by atoms with E-state index in [4.69, 9.17) is 4.74 Å². The van der Waals surface area contributed by atoms with E-state index in [0.29, 0.717) is 24.6 Å². The minimum absolute atomic E-state index is 0.0228. The molecule has 0 fully saturated rings. The van der Waals surface area contributed by atoms with E-state index in [-0.39, 0.29) is 18.7 Å². The van der Waals surface area contributed by atoms with Gasteiger partial charge in [0.15, 0.2) is 0 Å². The molecule has 3 aromatic rings. The predicted octanol–water partition coefficient (Wildman–Crippen LogP) is 2.78. The maximum Gasteiger partial charge on any atom is 0.255 e. The highest BCUT2D eigenvalue weighted by Crippen LogP contribution is 2.22. The first-order valence-corrected chi connectivity index (χ1v) is 11.5. The molecular weight excluding hydrogens is 437 g/mol. The largest absolute Gasteiger partial charge is 0.492 e. The van der Waals surface area contributed by atoms with Gasteiger partial charge in [-0.3, -0.25) is 4.79 Å². The fraction of sp³-hybridized carbons (Fsp3) is 0.286. The van der Waals surface area contributed by atoms with Gasteiger partial charge in [0.05, 0.1) is 6.54 Å². The van der Waals surface area contributed by atoms with Gasteiger partial charge in [-0.1, -0.05) is 19.9 Å². The number of aromatic nitrogens is 3. The molecule has 0 atom stereocenters. The van der Waals surface area contributed by atoms with E-state index in [2.05, 4.69) is 15.4 Å². The fourth-order valence-corrected chi connectivity index (χ4v) is 4.57. The Bertz CT molecular complexity index is 1160. The second-order valence-electron chi connectivity index (χ2n) is 6.72. The first kappa shape index (κ1) is 23.4. The number of nitrogens with zero attached hydrogens (tertiary/aromatic N) is 4. The molecule has 32 heavy (non-hydrogen) atoms. The molecule has 9 nitrogen and oxygen atoms in total. The van der Waals surface area contributed by atoms with Gasteiger partial charge in [0.1, 0.15) is 35.7 Å². The number of carbonyl (C=O) groups excluding carboxylic acids is 1. The van der Waals surface area contributed by atoms with Gasteiger partial charge in [-0.05, 0) is 30.3 Å². The van der Waals surface area contributed by atoms with Gasteiger partial charge in [0.25, 0.3) is 5.91 Å². The van der Waals surface area contributed by atoms with Gasteiger partial charge >= 0.3 is 0 Å². The summed E-state index contributed by atoms with van der Waals surface area (Å²) in [5.41, 5.74) is 0.473. The zero-order valence-corrected chi connectivity index (χ0v) is 18.5. The monoisotopic (exact) mass is 461 g/mol. The number of rotatable bonds is 10. The van der Waals surface area contributed by atoms with Crippen LogP contribution in [0.25, 0.3) is 0 Å². The van der Waals surface area contributed by atoms with E-state index in [1.165, 1.54) is 12.4 Å². The van der Waals surface area contributed by atoms with Crippen molar-refractivity contribution >= 4 is 21.6 Å². The molecule has 2 aromatic carbocycles. The summed E-state index contributed by atoms with van der Waals surface area (Å²) < 4.78 is 48.1. The topological polar surface area (TPSA) is 106 Å². The van der Waals surface area contributed by atoms with Crippen LogP contribution in [0.2, 0.25) is 0 Å². The first-order valence-electron chi connectivity index (χ1n) is 10.0. The van der Waals surface area contributed by atoms with E-state index in [0.717, 1.165) is 16.4 Å². The normalized spacial score (nSPS) is 11.5. The molecule has 1 amide bonds. The van der Waals surface area contributed by atoms with E-state index < -0.39 is 26.6 Å². The number of hydrogen-bond donors (Lipinski definition) is 1. The zero-order valence-electron chi connectivity index (χ0n) is 17.7. The molecule has 1 N–H and O–H groups in total. The van der Waals surface area contributed by atoms with Crippen LogP contribution < -0.4 is 10.1 Å². The lowest BCUT2D eigenvalue weighted by Gasteiger charge is -2.19. The van der Waals surface area contributed by atoms with Gasteiger partial charge in [0, 0.05) is 30.4 Å². The van der Waals surface area contributed by atoms with Crippen LogP contribution in [0.3, 0.4) is 0 Å². The lowest BCUT2D eigenvalue weighted by molar-refractivity contribution is 0.102. The summed E-state index contributed by atoms with van der Waals surface area (Å²) in [5.74, 6) is -0.941. The van der Waals surface area contributed by atoms with Crippen LogP contribution in [0.15, 0.2) is 60.0 Å². The Morgan fingerprint density at radius 3 is 2.66 bits per heavy atom. The van der Waals surface area contributed by atoms with Crippen LogP contribution >= 0.6 is 0 Å². The highest BCUT2D eigenvalue weighted by molar-refractivity contribution is 7.89. The third kappa shape index (κ3) is 5.48. The number of sulfonamides is 1. The van der Waals surface area contributed by atoms with Gasteiger partial charge in [0.2, 0.25) is 10.0 Å². The van der Waals surface area contributed by atoms with E-state index in [1.807, 2.05) is 0 Å². The molecule has 11 heteroatoms. The predicted molar refractivity (Wildman–Crippen MR) is 116 cm³/mol. The minimum atomic E-state index is -4.05. The smallest absolute Gasteiger partial charge is 0.255 e. The molecule has 1 aromatic heterocycles. The Morgan fingerprint density at radius 2 is 1.97 bits per heavy atom. The highest BCUT2D eigenvalue weighted by atomic mass is 32.2. The third-order valence-electron chi connectivity index (χ3n) is 4.66. The molecule has 0 unspecified atom stereocenters. The fourth-order valence-electron chi connectivity index (χ4n) is 3.02. The number of amides is 1. The Morgan fingerprint density at radius 1 is 1.19 bits per heavy atom. The van der Waals surface area contributed by atoms with E-state index >= 15 is 0 Å². The number of nitrogens with one attached hydrogen (secondary N) is 1. The molecule has 0 bridgehead atoms. The summed E-state index contributed by atoms with van der Waals surface area (Å²) in [4.78, 5) is 16.0. The molecule has 0 spiro atoms. The number of ether oxygens (including phenoxy) is 1. The Labute approximate surface area is 185 Å². The van der Waals surface area contributed by atoms with Crippen molar-refractivity contribution in [2.45, 2.75) is 25.3 Å². The Balaban J connectivity index is 1.72. The summed E-state index contributed by atoms with van der Waals surface area (Å²) in [6.45, 7) is 4.57. The maximum absolute atomic E-state index is 14.3. The van der Waals surface area contributed by atoms with E-state index in [1.54, 1.807) is 49.1 Å². The lowest BCUT2D eigenvalue weighted by atomic mass is 10.2. The quantitative estimate of drug-likeness (QED) is 0.498. The third-order valence-corrected chi connectivity index (χ3v) is 6.73. The number of carbonyl (C=O) groups is 1. The van der Waals surface area contributed by atoms with Crippen molar-refractivity contribution in [3.05, 3.63) is 66.5 Å². The summed E-state index contributed by atoms with van der Waals surface area (Å²) in [6.07, 6.45) is 3.02.